The van der Waals surface area contributed by atoms with Crippen LogP contribution in [0.3, 0.4) is 0 Å². The van der Waals surface area contributed by atoms with Crippen LogP contribution in [0.1, 0.15) is 48.7 Å². The summed E-state index contributed by atoms with van der Waals surface area (Å²) in [4.78, 5) is 15.0. The molecule has 122 valence electrons. The molecule has 2 atom stereocenters. The summed E-state index contributed by atoms with van der Waals surface area (Å²) >= 11 is 0. The topological polar surface area (TPSA) is 29.5 Å². The zero-order chi connectivity index (χ0) is 16.3. The zero-order valence-electron chi connectivity index (χ0n) is 14.6. The highest BCUT2D eigenvalue weighted by Gasteiger charge is 2.24. The number of Topliss-reactive ketones (excluding diaryl/α,β-unsaturated/α-hetero) is 1. The maximum Gasteiger partial charge on any atom is 0.177 e. The molecule has 0 aliphatic carbocycles. The first-order valence-corrected chi connectivity index (χ1v) is 8.40. The van der Waals surface area contributed by atoms with Crippen LogP contribution < -0.4 is 4.74 Å². The number of rotatable bonds is 5. The molecule has 0 amide bonds. The van der Waals surface area contributed by atoms with E-state index in [-0.39, 0.29) is 5.78 Å². The van der Waals surface area contributed by atoms with Gasteiger partial charge in [0.15, 0.2) is 5.78 Å². The Kier molecular flexibility index (Phi) is 5.63. The number of benzene rings is 1. The lowest BCUT2D eigenvalue weighted by Gasteiger charge is -2.34. The van der Waals surface area contributed by atoms with E-state index in [9.17, 15) is 4.79 Å². The molecule has 1 aromatic rings. The minimum Gasteiger partial charge on any atom is -0.494 e. The van der Waals surface area contributed by atoms with Crippen LogP contribution in [0.2, 0.25) is 0 Å². The lowest BCUT2D eigenvalue weighted by Crippen LogP contribution is -2.41. The Morgan fingerprint density at radius 1 is 1.18 bits per heavy atom. The van der Waals surface area contributed by atoms with Gasteiger partial charge in [-0.2, -0.15) is 0 Å². The number of carbonyl (C=O) groups excluding carboxylic acids is 1. The number of likely N-dealkylation sites (tertiary alicyclic amines) is 1. The van der Waals surface area contributed by atoms with Gasteiger partial charge in [0.1, 0.15) is 5.75 Å². The molecule has 1 fully saturated rings. The summed E-state index contributed by atoms with van der Waals surface area (Å²) in [6.07, 6.45) is 1.27. The lowest BCUT2D eigenvalue weighted by atomic mass is 9.91. The monoisotopic (exact) mass is 303 g/mol. The third kappa shape index (κ3) is 3.89. The third-order valence-electron chi connectivity index (χ3n) is 4.65. The lowest BCUT2D eigenvalue weighted by molar-refractivity contribution is 0.0849. The van der Waals surface area contributed by atoms with E-state index >= 15 is 0 Å². The van der Waals surface area contributed by atoms with Gasteiger partial charge in [0.2, 0.25) is 0 Å². The highest BCUT2D eigenvalue weighted by Crippen LogP contribution is 2.26. The number of ether oxygens (including phenoxy) is 1. The molecule has 1 heterocycles. The second-order valence-electron chi connectivity index (χ2n) is 6.86. The average Bonchev–Trinajstić information content (AvgIpc) is 2.43. The van der Waals surface area contributed by atoms with Crippen molar-refractivity contribution in [2.24, 2.45) is 11.8 Å². The van der Waals surface area contributed by atoms with Crippen LogP contribution in [0.5, 0.6) is 5.75 Å². The number of ketones is 1. The average molecular weight is 303 g/mol. The molecule has 2 rings (SSSR count). The Balaban J connectivity index is 2.11. The molecular formula is C19H29NO2. The second kappa shape index (κ2) is 7.28. The van der Waals surface area contributed by atoms with Gasteiger partial charge in [0, 0.05) is 18.7 Å². The summed E-state index contributed by atoms with van der Waals surface area (Å²) in [6.45, 7) is 13.8. The van der Waals surface area contributed by atoms with Gasteiger partial charge in [-0.25, -0.2) is 0 Å². The van der Waals surface area contributed by atoms with Crippen molar-refractivity contribution in [3.05, 3.63) is 28.8 Å². The molecule has 3 heteroatoms. The van der Waals surface area contributed by atoms with Gasteiger partial charge in [0.05, 0.1) is 13.2 Å². The third-order valence-corrected chi connectivity index (χ3v) is 4.65. The number of carbonyl (C=O) groups is 1. The van der Waals surface area contributed by atoms with E-state index in [1.54, 1.807) is 0 Å². The normalized spacial score (nSPS) is 22.6. The summed E-state index contributed by atoms with van der Waals surface area (Å²) in [6, 6.07) is 3.85. The summed E-state index contributed by atoms with van der Waals surface area (Å²) in [7, 11) is 0. The van der Waals surface area contributed by atoms with E-state index in [0.29, 0.717) is 25.0 Å². The molecule has 0 radical (unpaired) electrons. The van der Waals surface area contributed by atoms with Crippen LogP contribution in [0, 0.1) is 25.7 Å². The fraction of sp³-hybridized carbons (Fsp3) is 0.632. The Morgan fingerprint density at radius 3 is 2.41 bits per heavy atom. The predicted octanol–water partition coefficient (Wildman–Crippen LogP) is 3.86. The predicted molar refractivity (Wildman–Crippen MR) is 90.8 cm³/mol. The second-order valence-corrected chi connectivity index (χ2v) is 6.86. The van der Waals surface area contributed by atoms with Gasteiger partial charge >= 0.3 is 0 Å². The Morgan fingerprint density at radius 2 is 1.82 bits per heavy atom. The number of nitrogens with zero attached hydrogens (tertiary/aromatic N) is 1. The smallest absolute Gasteiger partial charge is 0.177 e. The molecule has 2 unspecified atom stereocenters. The van der Waals surface area contributed by atoms with Crippen molar-refractivity contribution in [1.82, 2.24) is 4.90 Å². The molecule has 22 heavy (non-hydrogen) atoms. The first-order chi connectivity index (χ1) is 10.4. The maximum absolute atomic E-state index is 12.7. The molecule has 0 bridgehead atoms. The molecule has 1 aliphatic heterocycles. The van der Waals surface area contributed by atoms with Gasteiger partial charge in [-0.05, 0) is 62.3 Å². The molecule has 1 aliphatic rings. The van der Waals surface area contributed by atoms with Gasteiger partial charge in [0.25, 0.3) is 0 Å². The minimum absolute atomic E-state index is 0.227. The zero-order valence-corrected chi connectivity index (χ0v) is 14.6. The molecule has 1 aromatic carbocycles. The SMILES string of the molecule is CCOc1ccc(C(=O)CN2CC(C)CC(C)C2)c(C)c1C. The summed E-state index contributed by atoms with van der Waals surface area (Å²) < 4.78 is 5.61. The quantitative estimate of drug-likeness (QED) is 0.774. The molecule has 1 saturated heterocycles. The van der Waals surface area contributed by atoms with Gasteiger partial charge in [-0.15, -0.1) is 0 Å². The van der Waals surface area contributed by atoms with Crippen LogP contribution in [-0.4, -0.2) is 36.9 Å². The summed E-state index contributed by atoms with van der Waals surface area (Å²) in [5, 5.41) is 0. The van der Waals surface area contributed by atoms with Crippen molar-refractivity contribution in [3.63, 3.8) is 0 Å². The first kappa shape index (κ1) is 17.0. The van der Waals surface area contributed by atoms with Crippen molar-refractivity contribution < 1.29 is 9.53 Å². The van der Waals surface area contributed by atoms with Gasteiger partial charge in [-0.1, -0.05) is 13.8 Å². The number of hydrogen-bond acceptors (Lipinski definition) is 3. The molecule has 0 aromatic heterocycles. The fourth-order valence-electron chi connectivity index (χ4n) is 3.62. The minimum atomic E-state index is 0.227. The summed E-state index contributed by atoms with van der Waals surface area (Å²) in [5.74, 6) is 2.47. The molecule has 0 saturated carbocycles. The van der Waals surface area contributed by atoms with Gasteiger partial charge < -0.3 is 4.74 Å². The van der Waals surface area contributed by atoms with E-state index in [2.05, 4.69) is 18.7 Å². The Labute approximate surface area is 134 Å². The van der Waals surface area contributed by atoms with Crippen LogP contribution in [0.4, 0.5) is 0 Å². The van der Waals surface area contributed by atoms with E-state index in [4.69, 9.17) is 4.74 Å². The number of hydrogen-bond donors (Lipinski definition) is 0. The van der Waals surface area contributed by atoms with Crippen molar-refractivity contribution in [3.8, 4) is 5.75 Å². The van der Waals surface area contributed by atoms with Gasteiger partial charge in [-0.3, -0.25) is 9.69 Å². The molecule has 0 N–H and O–H groups in total. The highest BCUT2D eigenvalue weighted by atomic mass is 16.5. The Bertz CT molecular complexity index is 528. The van der Waals surface area contributed by atoms with Crippen molar-refractivity contribution >= 4 is 5.78 Å². The van der Waals surface area contributed by atoms with E-state index in [1.807, 2.05) is 32.9 Å². The van der Waals surface area contributed by atoms with Crippen LogP contribution in [0.15, 0.2) is 12.1 Å². The Hall–Kier alpha value is -1.35. The first-order valence-electron chi connectivity index (χ1n) is 8.40. The molecule has 3 nitrogen and oxygen atoms in total. The standard InChI is InChI=1S/C19H29NO2/c1-6-22-19-8-7-17(15(4)16(19)5)18(21)12-20-10-13(2)9-14(3)11-20/h7-8,13-14H,6,9-12H2,1-5H3. The van der Waals surface area contributed by atoms with E-state index in [0.717, 1.165) is 35.5 Å². The summed E-state index contributed by atoms with van der Waals surface area (Å²) in [5.41, 5.74) is 2.97. The molecular weight excluding hydrogens is 274 g/mol. The van der Waals surface area contributed by atoms with Crippen LogP contribution in [-0.2, 0) is 0 Å². The van der Waals surface area contributed by atoms with Crippen molar-refractivity contribution in [2.45, 2.75) is 41.0 Å². The maximum atomic E-state index is 12.7. The van der Waals surface area contributed by atoms with E-state index < -0.39 is 0 Å². The van der Waals surface area contributed by atoms with Crippen LogP contribution in [0.25, 0.3) is 0 Å². The highest BCUT2D eigenvalue weighted by molar-refractivity contribution is 5.99. The van der Waals surface area contributed by atoms with Crippen molar-refractivity contribution in [2.75, 3.05) is 26.2 Å². The van der Waals surface area contributed by atoms with Crippen LogP contribution >= 0.6 is 0 Å². The fourth-order valence-corrected chi connectivity index (χ4v) is 3.62. The largest absolute Gasteiger partial charge is 0.494 e. The van der Waals surface area contributed by atoms with Crippen molar-refractivity contribution in [1.29, 1.82) is 0 Å². The molecule has 0 spiro atoms. The number of piperidine rings is 1. The van der Waals surface area contributed by atoms with E-state index in [1.165, 1.54) is 6.42 Å².